The summed E-state index contributed by atoms with van der Waals surface area (Å²) in [6.07, 6.45) is 8.03. The molecule has 1 rings (SSSR count). The first-order chi connectivity index (χ1) is 9.53. The quantitative estimate of drug-likeness (QED) is 0.707. The summed E-state index contributed by atoms with van der Waals surface area (Å²) in [5.41, 5.74) is 5.17. The van der Waals surface area contributed by atoms with Gasteiger partial charge in [-0.25, -0.2) is 0 Å². The van der Waals surface area contributed by atoms with Gasteiger partial charge in [0.25, 0.3) is 0 Å². The predicted octanol–water partition coefficient (Wildman–Crippen LogP) is 1.41. The summed E-state index contributed by atoms with van der Waals surface area (Å²) in [5, 5.41) is 3.35. The van der Waals surface area contributed by atoms with Crippen molar-refractivity contribution in [1.29, 1.82) is 0 Å². The predicted molar refractivity (Wildman–Crippen MR) is 80.2 cm³/mol. The average molecular weight is 283 g/mol. The fraction of sp³-hybridized carbons (Fsp3) is 0.867. The number of primary amides is 1. The molecule has 1 fully saturated rings. The first-order valence-corrected chi connectivity index (χ1v) is 7.78. The van der Waals surface area contributed by atoms with E-state index in [4.69, 9.17) is 5.73 Å². The molecule has 116 valence electrons. The van der Waals surface area contributed by atoms with Crippen LogP contribution in [0.15, 0.2) is 0 Å². The zero-order valence-electron chi connectivity index (χ0n) is 12.9. The lowest BCUT2D eigenvalue weighted by Gasteiger charge is -2.38. The van der Waals surface area contributed by atoms with Crippen LogP contribution in [-0.4, -0.2) is 42.4 Å². The topological polar surface area (TPSA) is 75.4 Å². The van der Waals surface area contributed by atoms with E-state index in [9.17, 15) is 9.59 Å². The highest BCUT2D eigenvalue weighted by atomic mass is 16.2. The second-order valence-corrected chi connectivity index (χ2v) is 5.90. The SMILES string of the molecule is CCCCN(CC(N)=O)C(=O)CC1(NC)CCCCC1. The Morgan fingerprint density at radius 3 is 2.40 bits per heavy atom. The summed E-state index contributed by atoms with van der Waals surface area (Å²) in [5.74, 6) is -0.384. The van der Waals surface area contributed by atoms with E-state index < -0.39 is 5.91 Å². The van der Waals surface area contributed by atoms with Gasteiger partial charge in [-0.1, -0.05) is 32.6 Å². The normalized spacial score (nSPS) is 17.7. The van der Waals surface area contributed by atoms with Gasteiger partial charge in [0, 0.05) is 18.5 Å². The molecule has 0 heterocycles. The standard InChI is InChI=1S/C15H29N3O2/c1-3-4-10-18(12-13(16)19)14(20)11-15(17-2)8-6-5-7-9-15/h17H,3-12H2,1-2H3,(H2,16,19). The smallest absolute Gasteiger partial charge is 0.237 e. The number of carbonyl (C=O) groups excluding carboxylic acids is 2. The van der Waals surface area contributed by atoms with Gasteiger partial charge < -0.3 is 16.0 Å². The number of carbonyl (C=O) groups is 2. The highest BCUT2D eigenvalue weighted by Gasteiger charge is 2.34. The van der Waals surface area contributed by atoms with Crippen LogP contribution in [-0.2, 0) is 9.59 Å². The monoisotopic (exact) mass is 283 g/mol. The fourth-order valence-corrected chi connectivity index (χ4v) is 2.97. The molecule has 0 spiro atoms. The molecule has 0 unspecified atom stereocenters. The van der Waals surface area contributed by atoms with E-state index in [2.05, 4.69) is 12.2 Å². The van der Waals surface area contributed by atoms with Crippen LogP contribution >= 0.6 is 0 Å². The molecule has 0 aromatic heterocycles. The van der Waals surface area contributed by atoms with E-state index in [0.29, 0.717) is 13.0 Å². The van der Waals surface area contributed by atoms with Gasteiger partial charge >= 0.3 is 0 Å². The Morgan fingerprint density at radius 2 is 1.90 bits per heavy atom. The molecule has 1 saturated carbocycles. The molecule has 1 aliphatic rings. The number of nitrogens with one attached hydrogen (secondary N) is 1. The lowest BCUT2D eigenvalue weighted by molar-refractivity contribution is -0.136. The van der Waals surface area contributed by atoms with Crippen molar-refractivity contribution in [2.45, 2.75) is 63.8 Å². The molecule has 2 amide bonds. The molecule has 3 N–H and O–H groups in total. The van der Waals surface area contributed by atoms with Gasteiger partial charge in [-0.05, 0) is 26.3 Å². The van der Waals surface area contributed by atoms with Crippen molar-refractivity contribution in [3.05, 3.63) is 0 Å². The van der Waals surface area contributed by atoms with Crippen molar-refractivity contribution in [2.75, 3.05) is 20.1 Å². The maximum atomic E-state index is 12.5. The van der Waals surface area contributed by atoms with Gasteiger partial charge in [-0.3, -0.25) is 9.59 Å². The molecular formula is C15H29N3O2. The number of hydrogen-bond donors (Lipinski definition) is 2. The molecule has 1 aliphatic carbocycles. The Labute approximate surface area is 122 Å². The number of nitrogens with two attached hydrogens (primary N) is 1. The summed E-state index contributed by atoms with van der Waals surface area (Å²) >= 11 is 0. The lowest BCUT2D eigenvalue weighted by Crippen LogP contribution is -2.50. The van der Waals surface area contributed by atoms with Gasteiger partial charge in [-0.2, -0.15) is 0 Å². The number of rotatable bonds is 8. The molecule has 0 aliphatic heterocycles. The Morgan fingerprint density at radius 1 is 1.25 bits per heavy atom. The molecule has 0 bridgehead atoms. The molecule has 0 aromatic carbocycles. The third-order valence-electron chi connectivity index (χ3n) is 4.31. The maximum Gasteiger partial charge on any atom is 0.237 e. The van der Waals surface area contributed by atoms with Crippen molar-refractivity contribution < 1.29 is 9.59 Å². The zero-order chi connectivity index (χ0) is 15.0. The van der Waals surface area contributed by atoms with Gasteiger partial charge in [-0.15, -0.1) is 0 Å². The lowest BCUT2D eigenvalue weighted by atomic mass is 9.79. The summed E-state index contributed by atoms with van der Waals surface area (Å²) in [7, 11) is 1.93. The molecule has 0 radical (unpaired) electrons. The Kier molecular flexibility index (Phi) is 6.99. The van der Waals surface area contributed by atoms with Crippen LogP contribution in [0.1, 0.15) is 58.3 Å². The first kappa shape index (κ1) is 17.0. The van der Waals surface area contributed by atoms with E-state index in [0.717, 1.165) is 25.7 Å². The summed E-state index contributed by atoms with van der Waals surface area (Å²) < 4.78 is 0. The Balaban J connectivity index is 2.64. The van der Waals surface area contributed by atoms with E-state index in [1.165, 1.54) is 19.3 Å². The van der Waals surface area contributed by atoms with E-state index in [1.54, 1.807) is 4.90 Å². The minimum Gasteiger partial charge on any atom is -0.368 e. The second kappa shape index (κ2) is 8.25. The molecule has 0 aromatic rings. The third kappa shape index (κ3) is 5.12. The van der Waals surface area contributed by atoms with E-state index in [1.807, 2.05) is 7.05 Å². The van der Waals surface area contributed by atoms with Gasteiger partial charge in [0.1, 0.15) is 0 Å². The van der Waals surface area contributed by atoms with Gasteiger partial charge in [0.2, 0.25) is 11.8 Å². The first-order valence-electron chi connectivity index (χ1n) is 7.78. The maximum absolute atomic E-state index is 12.5. The summed E-state index contributed by atoms with van der Waals surface area (Å²) in [6, 6.07) is 0. The van der Waals surface area contributed by atoms with Crippen LogP contribution in [0.2, 0.25) is 0 Å². The van der Waals surface area contributed by atoms with Crippen LogP contribution in [0.5, 0.6) is 0 Å². The number of nitrogens with zero attached hydrogens (tertiary/aromatic N) is 1. The minimum absolute atomic E-state index is 0.0403. The fourth-order valence-electron chi connectivity index (χ4n) is 2.97. The van der Waals surface area contributed by atoms with E-state index in [-0.39, 0.29) is 18.0 Å². The number of hydrogen-bond acceptors (Lipinski definition) is 3. The summed E-state index contributed by atoms with van der Waals surface area (Å²) in [6.45, 7) is 2.74. The van der Waals surface area contributed by atoms with Crippen LogP contribution in [0, 0.1) is 0 Å². The summed E-state index contributed by atoms with van der Waals surface area (Å²) in [4.78, 5) is 25.3. The number of unbranched alkanes of at least 4 members (excludes halogenated alkanes) is 1. The number of amides is 2. The van der Waals surface area contributed by atoms with Crippen molar-refractivity contribution in [3.63, 3.8) is 0 Å². The molecule has 0 saturated heterocycles. The molecular weight excluding hydrogens is 254 g/mol. The molecule has 5 heteroatoms. The molecule has 20 heavy (non-hydrogen) atoms. The Bertz CT molecular complexity index is 325. The van der Waals surface area contributed by atoms with Crippen molar-refractivity contribution >= 4 is 11.8 Å². The van der Waals surface area contributed by atoms with Crippen LogP contribution in [0.3, 0.4) is 0 Å². The van der Waals surface area contributed by atoms with Crippen LogP contribution < -0.4 is 11.1 Å². The second-order valence-electron chi connectivity index (χ2n) is 5.90. The molecule has 0 atom stereocenters. The van der Waals surface area contributed by atoms with Gasteiger partial charge in [0.05, 0.1) is 6.54 Å². The van der Waals surface area contributed by atoms with E-state index >= 15 is 0 Å². The Hall–Kier alpha value is -1.10. The van der Waals surface area contributed by atoms with Gasteiger partial charge in [0.15, 0.2) is 0 Å². The average Bonchev–Trinajstić information content (AvgIpc) is 2.44. The highest BCUT2D eigenvalue weighted by molar-refractivity contribution is 5.84. The van der Waals surface area contributed by atoms with Crippen LogP contribution in [0.4, 0.5) is 0 Å². The third-order valence-corrected chi connectivity index (χ3v) is 4.31. The minimum atomic E-state index is -0.434. The largest absolute Gasteiger partial charge is 0.368 e. The van der Waals surface area contributed by atoms with Crippen molar-refractivity contribution in [3.8, 4) is 0 Å². The van der Waals surface area contributed by atoms with Crippen molar-refractivity contribution in [1.82, 2.24) is 10.2 Å². The zero-order valence-corrected chi connectivity index (χ0v) is 12.9. The van der Waals surface area contributed by atoms with Crippen LogP contribution in [0.25, 0.3) is 0 Å². The van der Waals surface area contributed by atoms with Crippen molar-refractivity contribution in [2.24, 2.45) is 5.73 Å². The molecule has 5 nitrogen and oxygen atoms in total. The highest BCUT2D eigenvalue weighted by Crippen LogP contribution is 2.31.